The number of carbonyl (C=O) groups is 4. The molecule has 7 atom stereocenters. The van der Waals surface area contributed by atoms with Crippen molar-refractivity contribution in [2.75, 3.05) is 39.6 Å². The van der Waals surface area contributed by atoms with Crippen LogP contribution in [0.4, 0.5) is 0 Å². The summed E-state index contributed by atoms with van der Waals surface area (Å²) in [5.74, 6) is 0.277. The highest BCUT2D eigenvalue weighted by molar-refractivity contribution is 7.47. The van der Waals surface area contributed by atoms with E-state index in [0.29, 0.717) is 25.7 Å². The average molecular weight is 1520 g/mol. The number of carbonyl (C=O) groups excluding carboxylic acids is 4. The van der Waals surface area contributed by atoms with Gasteiger partial charge in [0.05, 0.1) is 26.4 Å². The van der Waals surface area contributed by atoms with Gasteiger partial charge in [0.2, 0.25) is 0 Å². The number of aliphatic hydroxyl groups excluding tert-OH is 1. The molecule has 0 amide bonds. The number of phosphoric ester groups is 2. The lowest BCUT2D eigenvalue weighted by Crippen LogP contribution is -2.30. The maximum absolute atomic E-state index is 13.1. The molecule has 3 N–H and O–H groups in total. The lowest BCUT2D eigenvalue weighted by atomic mass is 9.99. The molecule has 0 heterocycles. The van der Waals surface area contributed by atoms with Crippen LogP contribution in [0.2, 0.25) is 0 Å². The van der Waals surface area contributed by atoms with E-state index in [2.05, 4.69) is 48.5 Å². The minimum atomic E-state index is -4.97. The maximum atomic E-state index is 13.1. The average Bonchev–Trinajstić information content (AvgIpc) is 0.920. The van der Waals surface area contributed by atoms with E-state index in [0.717, 1.165) is 114 Å². The van der Waals surface area contributed by atoms with Crippen LogP contribution >= 0.6 is 15.6 Å². The zero-order valence-electron chi connectivity index (χ0n) is 68.5. The van der Waals surface area contributed by atoms with Crippen LogP contribution in [0, 0.1) is 17.8 Å². The van der Waals surface area contributed by atoms with Crippen molar-refractivity contribution in [1.82, 2.24) is 0 Å². The molecule has 104 heavy (non-hydrogen) atoms. The van der Waals surface area contributed by atoms with Gasteiger partial charge in [-0.25, -0.2) is 9.13 Å². The zero-order chi connectivity index (χ0) is 76.5. The number of hydrogen-bond acceptors (Lipinski definition) is 15. The molecular weight excluding hydrogens is 1350 g/mol. The molecule has 0 saturated carbocycles. The summed E-state index contributed by atoms with van der Waals surface area (Å²) >= 11 is 0. The molecule has 0 aromatic carbocycles. The first-order valence-electron chi connectivity index (χ1n) is 43.9. The van der Waals surface area contributed by atoms with Gasteiger partial charge in [0.15, 0.2) is 12.2 Å². The Kier molecular flexibility index (Phi) is 73.7. The third-order valence-electron chi connectivity index (χ3n) is 20.6. The molecule has 0 aliphatic heterocycles. The second-order valence-electron chi connectivity index (χ2n) is 31.5. The fourth-order valence-corrected chi connectivity index (χ4v) is 14.7. The van der Waals surface area contributed by atoms with Gasteiger partial charge in [-0.1, -0.05) is 395 Å². The molecular formula is C85H166O17P2. The summed E-state index contributed by atoms with van der Waals surface area (Å²) < 4.78 is 68.9. The van der Waals surface area contributed by atoms with Crippen molar-refractivity contribution < 1.29 is 80.2 Å². The molecule has 618 valence electrons. The standard InChI is InChI=1S/C85H166O17P2/c1-8-11-12-13-14-15-16-17-18-19-20-23-30-35-40-45-54-61-69-85(90)102-81(73-96-83(88)67-60-53-48-47-51-58-65-78(7)10-3)75-100-104(93,94)98-71-79(86)70-97-103(91,92)99-74-80(101-84(89)68-62-55-46-41-36-31-24-21-22-27-32-37-42-49-56-63-76(4)5)72-95-82(87)66-59-52-44-39-34-29-26-25-28-33-38-43-50-57-64-77(6)9-2/h76-81,86H,8-75H2,1-7H3,(H,91,92)(H,93,94)/t77?,78?,79-,80-,81-/m1/s1. The molecule has 0 aliphatic carbocycles. The van der Waals surface area contributed by atoms with Gasteiger partial charge in [-0.2, -0.15) is 0 Å². The molecule has 19 heteroatoms. The lowest BCUT2D eigenvalue weighted by Gasteiger charge is -2.21. The first kappa shape index (κ1) is 102. The maximum Gasteiger partial charge on any atom is 0.472 e. The van der Waals surface area contributed by atoms with Crippen LogP contribution in [0.15, 0.2) is 0 Å². The largest absolute Gasteiger partial charge is 0.472 e. The van der Waals surface area contributed by atoms with Crippen LogP contribution in [-0.2, 0) is 65.4 Å². The molecule has 0 aromatic rings. The minimum absolute atomic E-state index is 0.108. The topological polar surface area (TPSA) is 237 Å². The highest BCUT2D eigenvalue weighted by Gasteiger charge is 2.30. The van der Waals surface area contributed by atoms with Crippen molar-refractivity contribution in [3.05, 3.63) is 0 Å². The van der Waals surface area contributed by atoms with Gasteiger partial charge in [0.25, 0.3) is 0 Å². The Labute approximate surface area is 638 Å². The van der Waals surface area contributed by atoms with E-state index in [1.54, 1.807) is 0 Å². The predicted octanol–water partition coefficient (Wildman–Crippen LogP) is 25.7. The summed E-state index contributed by atoms with van der Waals surface area (Å²) in [5.41, 5.74) is 0. The molecule has 0 saturated heterocycles. The van der Waals surface area contributed by atoms with Gasteiger partial charge in [-0.05, 0) is 43.4 Å². The number of esters is 4. The second kappa shape index (κ2) is 75.1. The molecule has 17 nitrogen and oxygen atoms in total. The van der Waals surface area contributed by atoms with Gasteiger partial charge in [0, 0.05) is 25.7 Å². The molecule has 0 aromatic heterocycles. The van der Waals surface area contributed by atoms with E-state index >= 15 is 0 Å². The third-order valence-corrected chi connectivity index (χ3v) is 22.5. The molecule has 0 bridgehead atoms. The van der Waals surface area contributed by atoms with Crippen LogP contribution in [0.5, 0.6) is 0 Å². The first-order chi connectivity index (χ1) is 50.3. The van der Waals surface area contributed by atoms with Crippen molar-refractivity contribution in [2.45, 2.75) is 465 Å². The molecule has 4 unspecified atom stereocenters. The number of unbranched alkanes of at least 4 members (excludes halogenated alkanes) is 49. The molecule has 0 rings (SSSR count). The number of ether oxygens (including phenoxy) is 4. The number of rotatable bonds is 83. The second-order valence-corrected chi connectivity index (χ2v) is 34.4. The van der Waals surface area contributed by atoms with Crippen LogP contribution in [0.1, 0.15) is 447 Å². The van der Waals surface area contributed by atoms with Gasteiger partial charge >= 0.3 is 39.5 Å². The summed E-state index contributed by atoms with van der Waals surface area (Å²) in [6, 6.07) is 0. The molecule has 0 spiro atoms. The monoisotopic (exact) mass is 1520 g/mol. The number of phosphoric acid groups is 2. The van der Waals surface area contributed by atoms with Crippen LogP contribution in [0.25, 0.3) is 0 Å². The quantitative estimate of drug-likeness (QED) is 0.0222. The third kappa shape index (κ3) is 75.5. The lowest BCUT2D eigenvalue weighted by molar-refractivity contribution is -0.161. The summed E-state index contributed by atoms with van der Waals surface area (Å²) in [6.45, 7) is 12.0. The Bertz CT molecular complexity index is 2010. The fraction of sp³-hybridized carbons (Fsp3) is 0.953. The van der Waals surface area contributed by atoms with E-state index in [-0.39, 0.29) is 25.7 Å². The Hall–Kier alpha value is -1.94. The van der Waals surface area contributed by atoms with E-state index in [9.17, 15) is 43.2 Å². The Morgan fingerprint density at radius 3 is 0.731 bits per heavy atom. The van der Waals surface area contributed by atoms with Crippen LogP contribution in [0.3, 0.4) is 0 Å². The van der Waals surface area contributed by atoms with Crippen molar-refractivity contribution in [1.29, 1.82) is 0 Å². The number of hydrogen-bond donors (Lipinski definition) is 3. The van der Waals surface area contributed by atoms with E-state index < -0.39 is 97.5 Å². The highest BCUT2D eigenvalue weighted by Crippen LogP contribution is 2.45. The van der Waals surface area contributed by atoms with Crippen molar-refractivity contribution in [3.8, 4) is 0 Å². The van der Waals surface area contributed by atoms with Gasteiger partial charge in [-0.15, -0.1) is 0 Å². The van der Waals surface area contributed by atoms with E-state index in [1.807, 2.05) is 0 Å². The highest BCUT2D eigenvalue weighted by atomic mass is 31.2. The smallest absolute Gasteiger partial charge is 0.462 e. The van der Waals surface area contributed by atoms with Crippen LogP contribution < -0.4 is 0 Å². The Morgan fingerprint density at radius 1 is 0.279 bits per heavy atom. The molecule has 0 radical (unpaired) electrons. The van der Waals surface area contributed by atoms with Crippen molar-refractivity contribution in [3.63, 3.8) is 0 Å². The predicted molar refractivity (Wildman–Crippen MR) is 428 cm³/mol. The SMILES string of the molecule is CCCCCCCCCCCCCCCCCCCCC(=O)O[C@H](COC(=O)CCCCCCCCC(C)CC)COP(=O)(O)OC[C@H](O)COP(=O)(O)OC[C@@H](COC(=O)CCCCCCCCCCCCCCCCC(C)CC)OC(=O)CCCCCCCCCCCCCCCCCC(C)C. The van der Waals surface area contributed by atoms with Crippen LogP contribution in [-0.4, -0.2) is 96.7 Å². The fourth-order valence-electron chi connectivity index (χ4n) is 13.1. The summed E-state index contributed by atoms with van der Waals surface area (Å²) in [6.07, 6.45) is 65.2. The summed E-state index contributed by atoms with van der Waals surface area (Å²) in [4.78, 5) is 73.2. The Balaban J connectivity index is 5.24. The van der Waals surface area contributed by atoms with Crippen molar-refractivity contribution >= 4 is 39.5 Å². The van der Waals surface area contributed by atoms with Crippen molar-refractivity contribution in [2.24, 2.45) is 17.8 Å². The first-order valence-corrected chi connectivity index (χ1v) is 46.9. The normalized spacial score (nSPS) is 14.4. The van der Waals surface area contributed by atoms with Gasteiger partial charge < -0.3 is 33.8 Å². The minimum Gasteiger partial charge on any atom is -0.462 e. The van der Waals surface area contributed by atoms with E-state index in [4.69, 9.17) is 37.0 Å². The molecule has 0 aliphatic rings. The zero-order valence-corrected chi connectivity index (χ0v) is 70.3. The van der Waals surface area contributed by atoms with Gasteiger partial charge in [0.1, 0.15) is 19.3 Å². The number of aliphatic hydroxyl groups is 1. The van der Waals surface area contributed by atoms with Gasteiger partial charge in [-0.3, -0.25) is 37.3 Å². The Morgan fingerprint density at radius 2 is 0.490 bits per heavy atom. The summed E-state index contributed by atoms with van der Waals surface area (Å²) in [5, 5.41) is 10.7. The van der Waals surface area contributed by atoms with E-state index in [1.165, 1.54) is 250 Å². The summed E-state index contributed by atoms with van der Waals surface area (Å²) in [7, 11) is -9.93. The molecule has 0 fully saturated rings.